The van der Waals surface area contributed by atoms with Crippen molar-refractivity contribution < 1.29 is 0 Å². The normalized spacial score (nSPS) is 12.5. The van der Waals surface area contributed by atoms with Gasteiger partial charge in [0.1, 0.15) is 0 Å². The minimum Gasteiger partial charge on any atom is -0.0616 e. The maximum atomic E-state index is 2.39. The molecule has 0 nitrogen and oxygen atoms in total. The zero-order chi connectivity index (χ0) is 42.8. The van der Waals surface area contributed by atoms with Crippen LogP contribution in [0, 0.1) is 0 Å². The number of rotatable bonds is 0. The van der Waals surface area contributed by atoms with E-state index >= 15 is 0 Å². The predicted octanol–water partition coefficient (Wildman–Crippen LogP) is 19.0. The van der Waals surface area contributed by atoms with Crippen LogP contribution in [0.25, 0.3) is 162 Å². The van der Waals surface area contributed by atoms with Crippen LogP contribution in [0.2, 0.25) is 0 Å². The molecule has 0 aliphatic rings. The first-order chi connectivity index (χ1) is 32.5. The fourth-order valence-corrected chi connectivity index (χ4v) is 11.7. The Bertz CT molecular complexity index is 4300. The van der Waals surface area contributed by atoms with E-state index in [9.17, 15) is 0 Å². The molecule has 300 valence electrons. The highest BCUT2D eigenvalue weighted by Crippen LogP contribution is 2.38. The van der Waals surface area contributed by atoms with Crippen molar-refractivity contribution >= 4 is 162 Å². The highest BCUT2D eigenvalue weighted by molar-refractivity contribution is 6.17. The Morgan fingerprint density at radius 3 is 0.258 bits per heavy atom. The molecule has 0 spiro atoms. The molecule has 0 atom stereocenters. The molecule has 0 heterocycles. The first-order valence-corrected chi connectivity index (χ1v) is 23.1. The average Bonchev–Trinajstić information content (AvgIpc) is 3.32. The van der Waals surface area contributed by atoms with E-state index in [1.54, 1.807) is 0 Å². The molecule has 0 saturated carbocycles. The molecule has 0 bridgehead atoms. The molecule has 0 saturated heterocycles. The standard InChI is InChI=1S/C66H36/c1-2-6-38-10-42-14-46-18-50-22-54-26-58-30-62-34-66-36-64-32-60-28-56-24-52-20-48-16-44-12-40-8-4-3-7-39(40)11-43(44)15-47(48)19-51(52)23-55(56)27-59(60)31-63(64)35-65(66)33-61(62)29-57(58)25-53(54)21-49(50)17-45(46)13-41(42)9-37(38)5-1/h1-36H. The fourth-order valence-electron chi connectivity index (χ4n) is 11.7. The Balaban J connectivity index is 0.800. The van der Waals surface area contributed by atoms with Crippen molar-refractivity contribution in [1.29, 1.82) is 0 Å². The van der Waals surface area contributed by atoms with Gasteiger partial charge in [0.05, 0.1) is 0 Å². The second-order valence-electron chi connectivity index (χ2n) is 19.1. The molecule has 0 aromatic heterocycles. The van der Waals surface area contributed by atoms with Gasteiger partial charge in [-0.15, -0.1) is 0 Å². The Kier molecular flexibility index (Phi) is 6.64. The molecular weight excluding hydrogens is 793 g/mol. The minimum absolute atomic E-state index is 1.27. The van der Waals surface area contributed by atoms with Crippen LogP contribution in [0.5, 0.6) is 0 Å². The van der Waals surface area contributed by atoms with Gasteiger partial charge >= 0.3 is 0 Å². The van der Waals surface area contributed by atoms with Crippen molar-refractivity contribution in [2.75, 3.05) is 0 Å². The second kappa shape index (κ2) is 12.6. The Morgan fingerprint density at radius 1 is 0.0909 bits per heavy atom. The summed E-state index contributed by atoms with van der Waals surface area (Å²) in [6, 6.07) is 83.7. The smallest absolute Gasteiger partial charge is 0.0171 e. The van der Waals surface area contributed by atoms with Gasteiger partial charge in [0, 0.05) is 0 Å². The summed E-state index contributed by atoms with van der Waals surface area (Å²) in [5, 5.41) is 38.3. The lowest BCUT2D eigenvalue weighted by Crippen LogP contribution is -1.84. The van der Waals surface area contributed by atoms with Crippen molar-refractivity contribution in [3.63, 3.8) is 0 Å². The molecule has 0 aliphatic heterocycles. The highest BCUT2D eigenvalue weighted by atomic mass is 14.2. The van der Waals surface area contributed by atoms with E-state index < -0.39 is 0 Å². The molecule has 0 amide bonds. The third kappa shape index (κ3) is 5.21. The molecule has 16 aromatic rings. The van der Waals surface area contributed by atoms with E-state index in [0.717, 1.165) is 0 Å². The number of fused-ring (bicyclic) bond motifs is 15. The van der Waals surface area contributed by atoms with Crippen molar-refractivity contribution in [2.45, 2.75) is 0 Å². The third-order valence-electron chi connectivity index (χ3n) is 15.0. The molecule has 16 rings (SSSR count). The zero-order valence-corrected chi connectivity index (χ0v) is 35.8. The topological polar surface area (TPSA) is 0 Å². The molecule has 0 unspecified atom stereocenters. The van der Waals surface area contributed by atoms with Gasteiger partial charge in [-0.3, -0.25) is 0 Å². The molecular formula is C66H36. The van der Waals surface area contributed by atoms with Crippen LogP contribution in [0.4, 0.5) is 0 Å². The van der Waals surface area contributed by atoms with E-state index in [0.29, 0.717) is 0 Å². The largest absolute Gasteiger partial charge is 0.0616 e. The second-order valence-corrected chi connectivity index (χ2v) is 19.1. The Labute approximate surface area is 378 Å². The Hall–Kier alpha value is -8.58. The summed E-state index contributed by atoms with van der Waals surface area (Å²) in [7, 11) is 0. The predicted molar refractivity (Wildman–Crippen MR) is 289 cm³/mol. The van der Waals surface area contributed by atoms with Crippen molar-refractivity contribution in [3.8, 4) is 0 Å². The molecule has 0 radical (unpaired) electrons. The molecule has 16 aromatic carbocycles. The first kappa shape index (κ1) is 34.9. The maximum absolute atomic E-state index is 2.39. The number of hydrogen-bond donors (Lipinski definition) is 0. The van der Waals surface area contributed by atoms with E-state index in [-0.39, 0.29) is 0 Å². The third-order valence-corrected chi connectivity index (χ3v) is 15.0. The van der Waals surface area contributed by atoms with E-state index in [4.69, 9.17) is 0 Å². The summed E-state index contributed by atoms with van der Waals surface area (Å²) in [6.45, 7) is 0. The highest BCUT2D eigenvalue weighted by Gasteiger charge is 2.11. The lowest BCUT2D eigenvalue weighted by atomic mass is 9.93. The van der Waals surface area contributed by atoms with Crippen LogP contribution in [0.15, 0.2) is 218 Å². The van der Waals surface area contributed by atoms with Crippen LogP contribution in [0.3, 0.4) is 0 Å². The van der Waals surface area contributed by atoms with Gasteiger partial charge in [0.25, 0.3) is 0 Å². The summed E-state index contributed by atoms with van der Waals surface area (Å²) in [5.74, 6) is 0. The molecule has 0 N–H and O–H groups in total. The zero-order valence-electron chi connectivity index (χ0n) is 35.8. The van der Waals surface area contributed by atoms with Gasteiger partial charge in [-0.05, 0) is 331 Å². The van der Waals surface area contributed by atoms with Crippen molar-refractivity contribution in [3.05, 3.63) is 218 Å². The molecule has 66 heavy (non-hydrogen) atoms. The number of benzene rings is 16. The lowest BCUT2D eigenvalue weighted by Gasteiger charge is -2.11. The fraction of sp³-hybridized carbons (Fsp3) is 0. The Morgan fingerprint density at radius 2 is 0.167 bits per heavy atom. The summed E-state index contributed by atoms with van der Waals surface area (Å²) in [4.78, 5) is 0. The minimum atomic E-state index is 1.27. The van der Waals surface area contributed by atoms with Gasteiger partial charge in [0.2, 0.25) is 0 Å². The van der Waals surface area contributed by atoms with E-state index in [2.05, 4.69) is 218 Å². The summed E-state index contributed by atoms with van der Waals surface area (Å²) in [5.41, 5.74) is 0. The van der Waals surface area contributed by atoms with Crippen LogP contribution < -0.4 is 0 Å². The first-order valence-electron chi connectivity index (χ1n) is 23.1. The lowest BCUT2D eigenvalue weighted by molar-refractivity contribution is 1.79. The van der Waals surface area contributed by atoms with Crippen LogP contribution in [-0.2, 0) is 0 Å². The van der Waals surface area contributed by atoms with E-state index in [1.807, 2.05) is 0 Å². The quantitative estimate of drug-likeness (QED) is 0.134. The van der Waals surface area contributed by atoms with Gasteiger partial charge in [0.15, 0.2) is 0 Å². The van der Waals surface area contributed by atoms with Gasteiger partial charge in [-0.1, -0.05) is 48.5 Å². The van der Waals surface area contributed by atoms with Crippen molar-refractivity contribution in [1.82, 2.24) is 0 Å². The summed E-state index contributed by atoms with van der Waals surface area (Å²) < 4.78 is 0. The summed E-state index contributed by atoms with van der Waals surface area (Å²) >= 11 is 0. The molecule has 0 heteroatoms. The monoisotopic (exact) mass is 828 g/mol. The molecule has 0 aliphatic carbocycles. The maximum Gasteiger partial charge on any atom is -0.0171 e. The van der Waals surface area contributed by atoms with Crippen LogP contribution >= 0.6 is 0 Å². The SMILES string of the molecule is c1ccc2cc3cc4cc5cc6cc7cc8cc9cc%10cc%11cc%12cc%13cc%14cc%15cc%16ccccc%16cc%15cc%14cc%13cc%12cc%11cc%10cc9cc8cc7cc6cc5cc4cc3cc2c1. The average molecular weight is 829 g/mol. The van der Waals surface area contributed by atoms with Crippen molar-refractivity contribution in [2.24, 2.45) is 0 Å². The summed E-state index contributed by atoms with van der Waals surface area (Å²) in [6.07, 6.45) is 0. The van der Waals surface area contributed by atoms with Gasteiger partial charge in [-0.2, -0.15) is 0 Å². The van der Waals surface area contributed by atoms with Gasteiger partial charge < -0.3 is 0 Å². The number of hydrogen-bond acceptors (Lipinski definition) is 0. The van der Waals surface area contributed by atoms with Crippen LogP contribution in [0.1, 0.15) is 0 Å². The van der Waals surface area contributed by atoms with Crippen LogP contribution in [-0.4, -0.2) is 0 Å². The van der Waals surface area contributed by atoms with Gasteiger partial charge in [-0.25, -0.2) is 0 Å². The van der Waals surface area contributed by atoms with E-state index in [1.165, 1.54) is 162 Å². The molecule has 0 fully saturated rings.